The molecule has 4 heteroatoms. The monoisotopic (exact) mass is 254 g/mol. The van der Waals surface area contributed by atoms with Crippen LogP contribution in [0.3, 0.4) is 0 Å². The molecule has 1 aromatic carbocycles. The van der Waals surface area contributed by atoms with Crippen LogP contribution in [0, 0.1) is 6.92 Å². The van der Waals surface area contributed by atoms with Gasteiger partial charge in [-0.15, -0.1) is 0 Å². The molecule has 96 valence electrons. The van der Waals surface area contributed by atoms with E-state index in [1.54, 1.807) is 6.20 Å². The average molecular weight is 254 g/mol. The zero-order valence-corrected chi connectivity index (χ0v) is 10.5. The molecule has 1 unspecified atom stereocenters. The quantitative estimate of drug-likeness (QED) is 0.737. The van der Waals surface area contributed by atoms with Gasteiger partial charge in [0.2, 0.25) is 0 Å². The van der Waals surface area contributed by atoms with Crippen molar-refractivity contribution in [3.8, 4) is 0 Å². The Morgan fingerprint density at radius 3 is 2.84 bits per heavy atom. The van der Waals surface area contributed by atoms with Crippen molar-refractivity contribution >= 4 is 16.8 Å². The van der Waals surface area contributed by atoms with Crippen LogP contribution < -0.4 is 5.73 Å². The standard InChI is InChI=1S/C15H14N2O2/c1-9-6-11(15(16)17-8-9)14(18)13-7-10-4-2-3-5-12(10)19-13/h2-8,14,18H,1H3,(H2,16,17). The van der Waals surface area contributed by atoms with Gasteiger partial charge in [0.05, 0.1) is 0 Å². The number of furan rings is 1. The Morgan fingerprint density at radius 2 is 2.05 bits per heavy atom. The Balaban J connectivity index is 2.07. The predicted octanol–water partition coefficient (Wildman–Crippen LogP) is 2.80. The Bertz CT molecular complexity index is 701. The van der Waals surface area contributed by atoms with Gasteiger partial charge in [-0.3, -0.25) is 0 Å². The molecule has 2 aromatic heterocycles. The smallest absolute Gasteiger partial charge is 0.140 e. The fourth-order valence-electron chi connectivity index (χ4n) is 2.11. The van der Waals surface area contributed by atoms with Crippen LogP contribution >= 0.6 is 0 Å². The lowest BCUT2D eigenvalue weighted by Crippen LogP contribution is -2.05. The van der Waals surface area contributed by atoms with Gasteiger partial charge in [0.1, 0.15) is 23.3 Å². The third-order valence-electron chi connectivity index (χ3n) is 3.09. The highest BCUT2D eigenvalue weighted by Crippen LogP contribution is 2.30. The fraction of sp³-hybridized carbons (Fsp3) is 0.133. The van der Waals surface area contributed by atoms with Crippen molar-refractivity contribution in [1.82, 2.24) is 4.98 Å². The summed E-state index contributed by atoms with van der Waals surface area (Å²) >= 11 is 0. The first-order chi connectivity index (χ1) is 9.15. The molecule has 0 bridgehead atoms. The van der Waals surface area contributed by atoms with Crippen LogP contribution in [0.5, 0.6) is 0 Å². The van der Waals surface area contributed by atoms with E-state index in [1.807, 2.05) is 43.3 Å². The number of nitrogen functional groups attached to an aromatic ring is 1. The zero-order chi connectivity index (χ0) is 13.4. The first-order valence-corrected chi connectivity index (χ1v) is 6.04. The maximum Gasteiger partial charge on any atom is 0.140 e. The summed E-state index contributed by atoms with van der Waals surface area (Å²) in [6.07, 6.45) is 0.768. The van der Waals surface area contributed by atoms with Gasteiger partial charge in [0.25, 0.3) is 0 Å². The second kappa shape index (κ2) is 4.40. The van der Waals surface area contributed by atoms with Gasteiger partial charge in [0.15, 0.2) is 0 Å². The van der Waals surface area contributed by atoms with Crippen molar-refractivity contribution < 1.29 is 9.52 Å². The number of rotatable bonds is 2. The third kappa shape index (κ3) is 2.06. The lowest BCUT2D eigenvalue weighted by Gasteiger charge is -2.10. The minimum absolute atomic E-state index is 0.318. The van der Waals surface area contributed by atoms with Crippen molar-refractivity contribution in [3.63, 3.8) is 0 Å². The molecule has 19 heavy (non-hydrogen) atoms. The van der Waals surface area contributed by atoms with E-state index >= 15 is 0 Å². The summed E-state index contributed by atoms with van der Waals surface area (Å²) in [6, 6.07) is 11.3. The van der Waals surface area contributed by atoms with Gasteiger partial charge >= 0.3 is 0 Å². The Morgan fingerprint density at radius 1 is 1.26 bits per heavy atom. The lowest BCUT2D eigenvalue weighted by molar-refractivity contribution is 0.192. The van der Waals surface area contributed by atoms with E-state index in [1.165, 1.54) is 0 Å². The number of para-hydroxylation sites is 1. The molecule has 2 heterocycles. The summed E-state index contributed by atoms with van der Waals surface area (Å²) < 4.78 is 5.65. The molecule has 0 aliphatic rings. The number of aliphatic hydroxyl groups excluding tert-OH is 1. The highest BCUT2D eigenvalue weighted by Gasteiger charge is 2.18. The van der Waals surface area contributed by atoms with Crippen molar-refractivity contribution in [2.75, 3.05) is 5.73 Å². The van der Waals surface area contributed by atoms with Crippen LogP contribution in [-0.2, 0) is 0 Å². The SMILES string of the molecule is Cc1cnc(N)c(C(O)c2cc3ccccc3o2)c1. The van der Waals surface area contributed by atoms with Gasteiger partial charge in [-0.2, -0.15) is 0 Å². The number of aryl methyl sites for hydroxylation is 1. The molecule has 3 rings (SSSR count). The minimum atomic E-state index is -0.903. The summed E-state index contributed by atoms with van der Waals surface area (Å²) in [7, 11) is 0. The van der Waals surface area contributed by atoms with E-state index in [0.717, 1.165) is 16.5 Å². The summed E-state index contributed by atoms with van der Waals surface area (Å²) in [6.45, 7) is 1.90. The van der Waals surface area contributed by atoms with Crippen molar-refractivity contribution in [1.29, 1.82) is 0 Å². The second-order valence-electron chi connectivity index (χ2n) is 4.58. The molecular formula is C15H14N2O2. The first-order valence-electron chi connectivity index (χ1n) is 6.04. The van der Waals surface area contributed by atoms with Crippen LogP contribution in [0.25, 0.3) is 11.0 Å². The highest BCUT2D eigenvalue weighted by atomic mass is 16.4. The van der Waals surface area contributed by atoms with Crippen LogP contribution in [0.2, 0.25) is 0 Å². The highest BCUT2D eigenvalue weighted by molar-refractivity contribution is 5.78. The number of anilines is 1. The van der Waals surface area contributed by atoms with E-state index in [2.05, 4.69) is 4.98 Å². The summed E-state index contributed by atoms with van der Waals surface area (Å²) in [5, 5.41) is 11.3. The summed E-state index contributed by atoms with van der Waals surface area (Å²) in [5.41, 5.74) is 8.07. The summed E-state index contributed by atoms with van der Waals surface area (Å²) in [4.78, 5) is 4.06. The Labute approximate surface area is 110 Å². The molecule has 0 saturated carbocycles. The number of pyridine rings is 1. The Kier molecular flexibility index (Phi) is 2.72. The van der Waals surface area contributed by atoms with E-state index in [-0.39, 0.29) is 0 Å². The molecule has 0 spiro atoms. The fourth-order valence-corrected chi connectivity index (χ4v) is 2.11. The minimum Gasteiger partial charge on any atom is -0.458 e. The van der Waals surface area contributed by atoms with E-state index in [4.69, 9.17) is 10.2 Å². The predicted molar refractivity (Wildman–Crippen MR) is 73.7 cm³/mol. The molecule has 1 atom stereocenters. The number of nitrogens with zero attached hydrogens (tertiary/aromatic N) is 1. The van der Waals surface area contributed by atoms with E-state index < -0.39 is 6.10 Å². The molecule has 0 saturated heterocycles. The van der Waals surface area contributed by atoms with Crippen molar-refractivity contribution in [2.45, 2.75) is 13.0 Å². The molecule has 0 aliphatic carbocycles. The maximum atomic E-state index is 10.4. The van der Waals surface area contributed by atoms with Crippen LogP contribution in [0.1, 0.15) is 23.0 Å². The van der Waals surface area contributed by atoms with Gasteiger partial charge in [0, 0.05) is 17.1 Å². The maximum absolute atomic E-state index is 10.4. The lowest BCUT2D eigenvalue weighted by atomic mass is 10.1. The zero-order valence-electron chi connectivity index (χ0n) is 10.5. The van der Waals surface area contributed by atoms with Gasteiger partial charge in [-0.05, 0) is 30.7 Å². The van der Waals surface area contributed by atoms with Crippen LogP contribution in [0.15, 0.2) is 47.0 Å². The molecule has 0 fully saturated rings. The second-order valence-corrected chi connectivity index (χ2v) is 4.58. The van der Waals surface area contributed by atoms with Crippen LogP contribution in [-0.4, -0.2) is 10.1 Å². The molecule has 3 aromatic rings. The van der Waals surface area contributed by atoms with Crippen molar-refractivity contribution in [2.24, 2.45) is 0 Å². The molecule has 4 nitrogen and oxygen atoms in total. The normalized spacial score (nSPS) is 12.7. The third-order valence-corrected chi connectivity index (χ3v) is 3.09. The number of hydrogen-bond acceptors (Lipinski definition) is 4. The largest absolute Gasteiger partial charge is 0.458 e. The number of hydrogen-bond donors (Lipinski definition) is 2. The average Bonchev–Trinajstić information content (AvgIpc) is 2.84. The van der Waals surface area contributed by atoms with Gasteiger partial charge < -0.3 is 15.3 Å². The van der Waals surface area contributed by atoms with Crippen molar-refractivity contribution in [3.05, 3.63) is 59.5 Å². The van der Waals surface area contributed by atoms with E-state index in [0.29, 0.717) is 17.1 Å². The topological polar surface area (TPSA) is 72.3 Å². The number of nitrogens with two attached hydrogens (primary N) is 1. The Hall–Kier alpha value is -2.33. The number of benzene rings is 1. The molecular weight excluding hydrogens is 240 g/mol. The number of aromatic nitrogens is 1. The molecule has 0 amide bonds. The number of fused-ring (bicyclic) bond motifs is 1. The molecule has 3 N–H and O–H groups in total. The summed E-state index contributed by atoms with van der Waals surface area (Å²) in [5.74, 6) is 0.791. The first kappa shape index (κ1) is 11.7. The molecule has 0 aliphatic heterocycles. The van der Waals surface area contributed by atoms with Gasteiger partial charge in [-0.1, -0.05) is 18.2 Å². The molecule has 0 radical (unpaired) electrons. The van der Waals surface area contributed by atoms with Crippen LogP contribution in [0.4, 0.5) is 5.82 Å². The van der Waals surface area contributed by atoms with Gasteiger partial charge in [-0.25, -0.2) is 4.98 Å². The van der Waals surface area contributed by atoms with E-state index in [9.17, 15) is 5.11 Å². The number of aliphatic hydroxyl groups is 1.